The Hall–Kier alpha value is -2.98. The highest BCUT2D eigenvalue weighted by atomic mass is 15.3. The lowest BCUT2D eigenvalue weighted by Crippen LogP contribution is -2.24. The minimum atomic E-state index is 0.133. The Labute approximate surface area is 159 Å². The minimum Gasteiger partial charge on any atom is -0.327 e. The van der Waals surface area contributed by atoms with Gasteiger partial charge in [-0.05, 0) is 48.4 Å². The van der Waals surface area contributed by atoms with E-state index >= 15 is 0 Å². The maximum atomic E-state index is 6.32. The van der Waals surface area contributed by atoms with Crippen LogP contribution in [0.5, 0.6) is 0 Å². The first-order valence-corrected chi connectivity index (χ1v) is 9.35. The van der Waals surface area contributed by atoms with Crippen LogP contribution in [0.15, 0.2) is 73.3 Å². The molecule has 2 heterocycles. The van der Waals surface area contributed by atoms with Crippen LogP contribution in [-0.2, 0) is 13.0 Å². The third kappa shape index (κ3) is 4.23. The number of nitrogens with two attached hydrogens (primary N) is 1. The van der Waals surface area contributed by atoms with Crippen molar-refractivity contribution in [3.63, 3.8) is 0 Å². The fourth-order valence-electron chi connectivity index (χ4n) is 3.32. The Morgan fingerprint density at radius 1 is 0.963 bits per heavy atom. The molecule has 0 saturated carbocycles. The Kier molecular flexibility index (Phi) is 4.99. The van der Waals surface area contributed by atoms with Gasteiger partial charge in [0.05, 0.1) is 6.20 Å². The lowest BCUT2D eigenvalue weighted by atomic mass is 10.0. The van der Waals surface area contributed by atoms with Gasteiger partial charge in [-0.3, -0.25) is 9.67 Å². The molecule has 27 heavy (non-hydrogen) atoms. The second-order valence-electron chi connectivity index (χ2n) is 7.17. The molecule has 0 fully saturated rings. The molecule has 1 atom stereocenters. The SMILES string of the molecule is Cc1ccc(CC(N)CCn2cc(-c3ccc4cnccc4c3)cn2)cc1. The third-order valence-corrected chi connectivity index (χ3v) is 4.95. The van der Waals surface area contributed by atoms with Crippen LogP contribution in [0.3, 0.4) is 0 Å². The van der Waals surface area contributed by atoms with Crippen LogP contribution < -0.4 is 5.73 Å². The van der Waals surface area contributed by atoms with Crippen molar-refractivity contribution >= 4 is 10.8 Å². The van der Waals surface area contributed by atoms with Gasteiger partial charge in [0.2, 0.25) is 0 Å². The average molecular weight is 356 g/mol. The van der Waals surface area contributed by atoms with Gasteiger partial charge >= 0.3 is 0 Å². The van der Waals surface area contributed by atoms with Gasteiger partial charge in [-0.1, -0.05) is 42.0 Å². The summed E-state index contributed by atoms with van der Waals surface area (Å²) >= 11 is 0. The molecule has 136 valence electrons. The van der Waals surface area contributed by atoms with E-state index in [0.29, 0.717) is 0 Å². The first-order valence-electron chi connectivity index (χ1n) is 9.35. The topological polar surface area (TPSA) is 56.7 Å². The molecule has 0 amide bonds. The summed E-state index contributed by atoms with van der Waals surface area (Å²) in [6.07, 6.45) is 9.53. The molecule has 4 rings (SSSR count). The number of fused-ring (bicyclic) bond motifs is 1. The first kappa shape index (κ1) is 17.4. The van der Waals surface area contributed by atoms with Crippen LogP contribution in [0, 0.1) is 6.92 Å². The molecule has 2 aromatic carbocycles. The summed E-state index contributed by atoms with van der Waals surface area (Å²) in [5.41, 5.74) is 11.2. The molecular formula is C23H24N4. The van der Waals surface area contributed by atoms with E-state index in [2.05, 4.69) is 65.7 Å². The Morgan fingerprint density at radius 3 is 2.67 bits per heavy atom. The smallest absolute Gasteiger partial charge is 0.0568 e. The standard InChI is InChI=1S/C23H24N4/c1-17-2-4-18(5-3-17)12-23(24)9-11-27-16-22(15-26-27)19-6-7-21-14-25-10-8-20(21)13-19/h2-8,10,13-16,23H,9,11-12,24H2,1H3. The Morgan fingerprint density at radius 2 is 1.81 bits per heavy atom. The normalized spacial score (nSPS) is 12.4. The Bertz CT molecular complexity index is 1030. The van der Waals surface area contributed by atoms with Crippen molar-refractivity contribution in [2.45, 2.75) is 32.4 Å². The molecule has 4 heteroatoms. The van der Waals surface area contributed by atoms with Crippen LogP contribution in [0.1, 0.15) is 17.5 Å². The van der Waals surface area contributed by atoms with Crippen molar-refractivity contribution < 1.29 is 0 Å². The van der Waals surface area contributed by atoms with Gasteiger partial charge in [0.1, 0.15) is 0 Å². The predicted molar refractivity (Wildman–Crippen MR) is 110 cm³/mol. The summed E-state index contributed by atoms with van der Waals surface area (Å²) in [6, 6.07) is 17.2. The highest BCUT2D eigenvalue weighted by Crippen LogP contribution is 2.23. The number of nitrogens with zero attached hydrogens (tertiary/aromatic N) is 3. The lowest BCUT2D eigenvalue weighted by molar-refractivity contribution is 0.507. The van der Waals surface area contributed by atoms with Crippen LogP contribution in [0.2, 0.25) is 0 Å². The molecule has 4 aromatic rings. The van der Waals surface area contributed by atoms with Gasteiger partial charge in [0.25, 0.3) is 0 Å². The number of benzene rings is 2. The zero-order valence-electron chi connectivity index (χ0n) is 15.5. The minimum absolute atomic E-state index is 0.133. The predicted octanol–water partition coefficient (Wildman–Crippen LogP) is 4.37. The van der Waals surface area contributed by atoms with Crippen molar-refractivity contribution in [2.24, 2.45) is 5.73 Å². The van der Waals surface area contributed by atoms with Crippen molar-refractivity contribution in [1.82, 2.24) is 14.8 Å². The molecule has 2 N–H and O–H groups in total. The zero-order chi connectivity index (χ0) is 18.6. The van der Waals surface area contributed by atoms with Crippen molar-refractivity contribution in [1.29, 1.82) is 0 Å². The van der Waals surface area contributed by atoms with E-state index < -0.39 is 0 Å². The molecule has 2 aromatic heterocycles. The number of rotatable bonds is 6. The van der Waals surface area contributed by atoms with Crippen LogP contribution in [-0.4, -0.2) is 20.8 Å². The molecule has 1 unspecified atom stereocenters. The van der Waals surface area contributed by atoms with E-state index in [1.165, 1.54) is 22.1 Å². The van der Waals surface area contributed by atoms with Gasteiger partial charge < -0.3 is 5.73 Å². The van der Waals surface area contributed by atoms with Crippen LogP contribution in [0.4, 0.5) is 0 Å². The van der Waals surface area contributed by atoms with Gasteiger partial charge in [0, 0.05) is 42.1 Å². The molecule has 0 aliphatic rings. The third-order valence-electron chi connectivity index (χ3n) is 4.95. The van der Waals surface area contributed by atoms with E-state index in [1.54, 1.807) is 0 Å². The number of pyridine rings is 1. The highest BCUT2D eigenvalue weighted by molar-refractivity contribution is 5.86. The first-order chi connectivity index (χ1) is 13.2. The second-order valence-corrected chi connectivity index (χ2v) is 7.17. The molecule has 4 nitrogen and oxygen atoms in total. The zero-order valence-corrected chi connectivity index (χ0v) is 15.5. The highest BCUT2D eigenvalue weighted by Gasteiger charge is 2.07. The molecule has 0 spiro atoms. The Balaban J connectivity index is 1.39. The van der Waals surface area contributed by atoms with E-state index in [9.17, 15) is 0 Å². The maximum Gasteiger partial charge on any atom is 0.0568 e. The lowest BCUT2D eigenvalue weighted by Gasteiger charge is -2.12. The van der Waals surface area contributed by atoms with Gasteiger partial charge in [-0.15, -0.1) is 0 Å². The average Bonchev–Trinajstić information content (AvgIpc) is 3.17. The molecule has 0 aliphatic carbocycles. The van der Waals surface area contributed by atoms with E-state index in [4.69, 9.17) is 5.73 Å². The van der Waals surface area contributed by atoms with E-state index in [1.807, 2.05) is 29.3 Å². The summed E-state index contributed by atoms with van der Waals surface area (Å²) in [7, 11) is 0. The number of hydrogen-bond donors (Lipinski definition) is 1. The fraction of sp³-hybridized carbons (Fsp3) is 0.217. The monoisotopic (exact) mass is 356 g/mol. The van der Waals surface area contributed by atoms with Crippen LogP contribution in [0.25, 0.3) is 21.9 Å². The molecule has 0 radical (unpaired) electrons. The summed E-state index contributed by atoms with van der Waals surface area (Å²) in [4.78, 5) is 4.17. The maximum absolute atomic E-state index is 6.32. The van der Waals surface area contributed by atoms with Gasteiger partial charge in [-0.25, -0.2) is 0 Å². The summed E-state index contributed by atoms with van der Waals surface area (Å²) in [5.74, 6) is 0. The van der Waals surface area contributed by atoms with Gasteiger partial charge in [-0.2, -0.15) is 5.10 Å². The number of aromatic nitrogens is 3. The summed E-state index contributed by atoms with van der Waals surface area (Å²) < 4.78 is 1.99. The molecule has 0 saturated heterocycles. The molecule has 0 aliphatic heterocycles. The van der Waals surface area contributed by atoms with Crippen molar-refractivity contribution in [3.05, 3.63) is 84.4 Å². The summed E-state index contributed by atoms with van der Waals surface area (Å²) in [6.45, 7) is 2.93. The molecule has 0 bridgehead atoms. The second kappa shape index (κ2) is 7.72. The van der Waals surface area contributed by atoms with E-state index in [0.717, 1.165) is 30.3 Å². The molecular weight excluding hydrogens is 332 g/mol. The largest absolute Gasteiger partial charge is 0.327 e. The van der Waals surface area contributed by atoms with E-state index in [-0.39, 0.29) is 6.04 Å². The summed E-state index contributed by atoms with van der Waals surface area (Å²) in [5, 5.41) is 6.85. The van der Waals surface area contributed by atoms with Gasteiger partial charge in [0.15, 0.2) is 0 Å². The quantitative estimate of drug-likeness (QED) is 0.558. The van der Waals surface area contributed by atoms with Crippen LogP contribution >= 0.6 is 0 Å². The number of hydrogen-bond acceptors (Lipinski definition) is 3. The fourth-order valence-corrected chi connectivity index (χ4v) is 3.32. The number of aryl methyl sites for hydroxylation is 2. The van der Waals surface area contributed by atoms with Crippen molar-refractivity contribution in [3.8, 4) is 11.1 Å². The van der Waals surface area contributed by atoms with Crippen molar-refractivity contribution in [2.75, 3.05) is 0 Å².